The SMILES string of the molecule is Cc1ccc(C(C)O)c(F)c1F. The van der Waals surface area contributed by atoms with E-state index in [1.54, 1.807) is 0 Å². The normalized spacial score (nSPS) is 13.1. The molecule has 66 valence electrons. The zero-order chi connectivity index (χ0) is 9.30. The maximum Gasteiger partial charge on any atom is 0.164 e. The number of aliphatic hydroxyl groups excluding tert-OH is 1. The van der Waals surface area contributed by atoms with Crippen molar-refractivity contribution < 1.29 is 13.9 Å². The number of hydrogen-bond donors (Lipinski definition) is 1. The molecule has 1 rings (SSSR count). The van der Waals surface area contributed by atoms with Crippen molar-refractivity contribution >= 4 is 0 Å². The standard InChI is InChI=1S/C9H10F2O/c1-5-3-4-7(6(2)12)9(11)8(5)10/h3-4,6,12H,1-2H3. The van der Waals surface area contributed by atoms with Gasteiger partial charge < -0.3 is 5.11 Å². The summed E-state index contributed by atoms with van der Waals surface area (Å²) in [7, 11) is 0. The lowest BCUT2D eigenvalue weighted by Gasteiger charge is -2.07. The second-order valence-electron chi connectivity index (χ2n) is 2.78. The molecule has 1 nitrogen and oxygen atoms in total. The van der Waals surface area contributed by atoms with Crippen LogP contribution in [0, 0.1) is 18.6 Å². The summed E-state index contributed by atoms with van der Waals surface area (Å²) < 4.78 is 25.8. The first kappa shape index (κ1) is 9.13. The number of aliphatic hydroxyl groups is 1. The van der Waals surface area contributed by atoms with Crippen molar-refractivity contribution in [2.75, 3.05) is 0 Å². The quantitative estimate of drug-likeness (QED) is 0.689. The summed E-state index contributed by atoms with van der Waals surface area (Å²) >= 11 is 0. The molecule has 1 unspecified atom stereocenters. The van der Waals surface area contributed by atoms with E-state index < -0.39 is 17.7 Å². The van der Waals surface area contributed by atoms with Gasteiger partial charge in [-0.3, -0.25) is 0 Å². The third-order valence-corrected chi connectivity index (χ3v) is 1.76. The first-order chi connectivity index (χ1) is 5.54. The van der Waals surface area contributed by atoms with Crippen molar-refractivity contribution in [2.45, 2.75) is 20.0 Å². The van der Waals surface area contributed by atoms with Crippen LogP contribution < -0.4 is 0 Å². The van der Waals surface area contributed by atoms with Gasteiger partial charge in [-0.15, -0.1) is 0 Å². The van der Waals surface area contributed by atoms with Gasteiger partial charge >= 0.3 is 0 Å². The topological polar surface area (TPSA) is 20.2 Å². The third kappa shape index (κ3) is 1.46. The number of halogens is 2. The number of benzene rings is 1. The molecular formula is C9H10F2O. The molecule has 0 aliphatic carbocycles. The average molecular weight is 172 g/mol. The smallest absolute Gasteiger partial charge is 0.164 e. The fraction of sp³-hybridized carbons (Fsp3) is 0.333. The molecule has 0 aliphatic heterocycles. The van der Waals surface area contributed by atoms with Crippen LogP contribution in [-0.2, 0) is 0 Å². The maximum absolute atomic E-state index is 13.0. The Kier molecular flexibility index (Phi) is 2.43. The highest BCUT2D eigenvalue weighted by molar-refractivity contribution is 5.26. The number of rotatable bonds is 1. The van der Waals surface area contributed by atoms with Gasteiger partial charge in [0.25, 0.3) is 0 Å². The van der Waals surface area contributed by atoms with Gasteiger partial charge in [0.2, 0.25) is 0 Å². The molecule has 0 amide bonds. The highest BCUT2D eigenvalue weighted by Gasteiger charge is 2.13. The Labute approximate surface area is 69.7 Å². The lowest BCUT2D eigenvalue weighted by atomic mass is 10.1. The van der Waals surface area contributed by atoms with E-state index in [2.05, 4.69) is 0 Å². The minimum atomic E-state index is -0.972. The minimum Gasteiger partial charge on any atom is -0.389 e. The first-order valence-corrected chi connectivity index (χ1v) is 3.66. The van der Waals surface area contributed by atoms with E-state index in [0.717, 1.165) is 0 Å². The van der Waals surface area contributed by atoms with Crippen LogP contribution in [0.1, 0.15) is 24.2 Å². The van der Waals surface area contributed by atoms with Gasteiger partial charge in [0.05, 0.1) is 6.10 Å². The van der Waals surface area contributed by atoms with Crippen LogP contribution in [-0.4, -0.2) is 5.11 Å². The predicted octanol–water partition coefficient (Wildman–Crippen LogP) is 2.33. The number of aryl methyl sites for hydroxylation is 1. The summed E-state index contributed by atoms with van der Waals surface area (Å²) in [5.41, 5.74) is 0.245. The van der Waals surface area contributed by atoms with Crippen molar-refractivity contribution in [2.24, 2.45) is 0 Å². The summed E-state index contributed by atoms with van der Waals surface area (Å²) in [4.78, 5) is 0. The fourth-order valence-electron chi connectivity index (χ4n) is 0.984. The minimum absolute atomic E-state index is 0.00176. The van der Waals surface area contributed by atoms with Crippen molar-refractivity contribution in [3.05, 3.63) is 34.9 Å². The summed E-state index contributed by atoms with van der Waals surface area (Å²) in [5.74, 6) is -1.83. The summed E-state index contributed by atoms with van der Waals surface area (Å²) in [6.07, 6.45) is -0.972. The van der Waals surface area contributed by atoms with Gasteiger partial charge in [0, 0.05) is 5.56 Å². The maximum atomic E-state index is 13.0. The lowest BCUT2D eigenvalue weighted by Crippen LogP contribution is -2.00. The third-order valence-electron chi connectivity index (χ3n) is 1.76. The van der Waals surface area contributed by atoms with E-state index in [1.807, 2.05) is 0 Å². The van der Waals surface area contributed by atoms with E-state index in [4.69, 9.17) is 5.11 Å². The van der Waals surface area contributed by atoms with Crippen LogP contribution in [0.5, 0.6) is 0 Å². The Hall–Kier alpha value is -0.960. The second kappa shape index (κ2) is 3.19. The Balaban J connectivity index is 3.27. The van der Waals surface area contributed by atoms with Crippen molar-refractivity contribution in [3.8, 4) is 0 Å². The molecule has 0 aliphatic rings. The van der Waals surface area contributed by atoms with E-state index >= 15 is 0 Å². The molecule has 1 atom stereocenters. The first-order valence-electron chi connectivity index (χ1n) is 3.66. The van der Waals surface area contributed by atoms with Crippen LogP contribution in [0.15, 0.2) is 12.1 Å². The monoisotopic (exact) mass is 172 g/mol. The molecule has 1 aromatic carbocycles. The van der Waals surface area contributed by atoms with E-state index in [9.17, 15) is 8.78 Å². The molecule has 0 heterocycles. The molecule has 0 fully saturated rings. The summed E-state index contributed by atoms with van der Waals surface area (Å²) in [5, 5.41) is 9.01. The van der Waals surface area contributed by atoms with Gasteiger partial charge in [-0.25, -0.2) is 8.78 Å². The van der Waals surface area contributed by atoms with Gasteiger partial charge in [-0.2, -0.15) is 0 Å². The zero-order valence-electron chi connectivity index (χ0n) is 6.94. The zero-order valence-corrected chi connectivity index (χ0v) is 6.94. The van der Waals surface area contributed by atoms with Gasteiger partial charge in [0.1, 0.15) is 0 Å². The second-order valence-corrected chi connectivity index (χ2v) is 2.78. The highest BCUT2D eigenvalue weighted by Crippen LogP contribution is 2.20. The average Bonchev–Trinajstić information content (AvgIpc) is 2.00. The van der Waals surface area contributed by atoms with Crippen molar-refractivity contribution in [1.82, 2.24) is 0 Å². The van der Waals surface area contributed by atoms with Crippen molar-refractivity contribution in [3.63, 3.8) is 0 Å². The van der Waals surface area contributed by atoms with Crippen molar-refractivity contribution in [1.29, 1.82) is 0 Å². The molecule has 0 bridgehead atoms. The molecule has 0 radical (unpaired) electrons. The van der Waals surface area contributed by atoms with Crippen LogP contribution in [0.25, 0.3) is 0 Å². The lowest BCUT2D eigenvalue weighted by molar-refractivity contribution is 0.192. The Morgan fingerprint density at radius 3 is 2.33 bits per heavy atom. The largest absolute Gasteiger partial charge is 0.389 e. The fourth-order valence-corrected chi connectivity index (χ4v) is 0.984. The molecule has 3 heteroatoms. The van der Waals surface area contributed by atoms with E-state index in [0.29, 0.717) is 0 Å². The molecule has 12 heavy (non-hydrogen) atoms. The van der Waals surface area contributed by atoms with Crippen LogP contribution in [0.3, 0.4) is 0 Å². The summed E-state index contributed by atoms with van der Waals surface area (Å²) in [6, 6.07) is 2.83. The van der Waals surface area contributed by atoms with Gasteiger partial charge in [-0.1, -0.05) is 12.1 Å². The molecule has 0 aromatic heterocycles. The van der Waals surface area contributed by atoms with Crippen LogP contribution >= 0.6 is 0 Å². The highest BCUT2D eigenvalue weighted by atomic mass is 19.2. The molecular weight excluding hydrogens is 162 g/mol. The molecule has 0 saturated heterocycles. The van der Waals surface area contributed by atoms with E-state index in [-0.39, 0.29) is 11.1 Å². The number of hydrogen-bond acceptors (Lipinski definition) is 1. The molecule has 1 aromatic rings. The van der Waals surface area contributed by atoms with Crippen LogP contribution in [0.4, 0.5) is 8.78 Å². The molecule has 0 saturated carbocycles. The van der Waals surface area contributed by atoms with Gasteiger partial charge in [-0.05, 0) is 19.4 Å². The Bertz CT molecular complexity index is 295. The summed E-state index contributed by atoms with van der Waals surface area (Å²) in [6.45, 7) is 2.87. The Morgan fingerprint density at radius 2 is 1.83 bits per heavy atom. The van der Waals surface area contributed by atoms with Crippen LogP contribution in [0.2, 0.25) is 0 Å². The Morgan fingerprint density at radius 1 is 1.25 bits per heavy atom. The predicted molar refractivity (Wildman–Crippen MR) is 41.7 cm³/mol. The molecule has 0 spiro atoms. The van der Waals surface area contributed by atoms with E-state index in [1.165, 1.54) is 26.0 Å². The molecule has 1 N–H and O–H groups in total. The van der Waals surface area contributed by atoms with Gasteiger partial charge in [0.15, 0.2) is 11.6 Å².